The first kappa shape index (κ1) is 25.0. The second-order valence-electron chi connectivity index (χ2n) is 8.16. The molecule has 0 aromatic heterocycles. The zero-order valence-electron chi connectivity index (χ0n) is 19.8. The summed E-state index contributed by atoms with van der Waals surface area (Å²) in [5.41, 5.74) is 2.04. The number of carbonyl (C=O) groups is 2. The largest absolute Gasteiger partial charge is 0.496 e. The van der Waals surface area contributed by atoms with Gasteiger partial charge >= 0.3 is 0 Å². The Kier molecular flexibility index (Phi) is 9.38. The van der Waals surface area contributed by atoms with Crippen LogP contribution in [0.4, 0.5) is 0 Å². The molecule has 2 rings (SSSR count). The lowest BCUT2D eigenvalue weighted by molar-refractivity contribution is -0.142. The van der Waals surface area contributed by atoms with Gasteiger partial charge in [-0.2, -0.15) is 0 Å². The topological polar surface area (TPSA) is 77.1 Å². The van der Waals surface area contributed by atoms with Crippen LogP contribution < -0.4 is 19.5 Å². The van der Waals surface area contributed by atoms with Gasteiger partial charge in [-0.3, -0.25) is 9.59 Å². The van der Waals surface area contributed by atoms with Crippen LogP contribution in [0.3, 0.4) is 0 Å². The first-order chi connectivity index (χ1) is 15.2. The highest BCUT2D eigenvalue weighted by atomic mass is 16.5. The maximum atomic E-state index is 13.2. The van der Waals surface area contributed by atoms with E-state index in [9.17, 15) is 9.59 Å². The minimum absolute atomic E-state index is 0.192. The fourth-order valence-corrected chi connectivity index (χ4v) is 3.13. The summed E-state index contributed by atoms with van der Waals surface area (Å²) in [7, 11) is 3.09. The normalized spacial score (nSPS) is 11.6. The first-order valence-corrected chi connectivity index (χ1v) is 10.7. The summed E-state index contributed by atoms with van der Waals surface area (Å²) < 4.78 is 16.2. The van der Waals surface area contributed by atoms with Crippen LogP contribution in [0.25, 0.3) is 0 Å². The van der Waals surface area contributed by atoms with E-state index in [1.54, 1.807) is 44.2 Å². The van der Waals surface area contributed by atoms with E-state index in [1.807, 2.05) is 45.0 Å². The summed E-state index contributed by atoms with van der Waals surface area (Å²) in [6.07, 6.45) is 0. The van der Waals surface area contributed by atoms with Gasteiger partial charge in [-0.1, -0.05) is 43.7 Å². The summed E-state index contributed by atoms with van der Waals surface area (Å²) in [5.74, 6) is 1.40. The molecule has 1 atom stereocenters. The standard InChI is InChI=1S/C25H34N2O5/c1-17(2)14-26-25(29)19(4)27(15-20-9-7-8-18(3)10-20)24(28)16-32-23-12-21(30-5)11-22(13-23)31-6/h7-13,17,19H,14-16H2,1-6H3,(H,26,29)/t19-/m1/s1. The third-order valence-electron chi connectivity index (χ3n) is 4.97. The fourth-order valence-electron chi connectivity index (χ4n) is 3.13. The second kappa shape index (κ2) is 12.0. The van der Waals surface area contributed by atoms with E-state index in [0.29, 0.717) is 36.3 Å². The van der Waals surface area contributed by atoms with E-state index in [0.717, 1.165) is 11.1 Å². The van der Waals surface area contributed by atoms with Gasteiger partial charge in [-0.15, -0.1) is 0 Å². The molecular weight excluding hydrogens is 408 g/mol. The minimum Gasteiger partial charge on any atom is -0.496 e. The number of carbonyl (C=O) groups excluding carboxylic acids is 2. The fraction of sp³-hybridized carbons (Fsp3) is 0.440. The van der Waals surface area contributed by atoms with Crippen molar-refractivity contribution in [2.75, 3.05) is 27.4 Å². The molecule has 0 spiro atoms. The van der Waals surface area contributed by atoms with Crippen molar-refractivity contribution in [2.45, 2.75) is 40.3 Å². The third kappa shape index (κ3) is 7.48. The molecule has 32 heavy (non-hydrogen) atoms. The lowest BCUT2D eigenvalue weighted by atomic mass is 10.1. The Morgan fingerprint density at radius 1 is 0.969 bits per heavy atom. The monoisotopic (exact) mass is 442 g/mol. The number of benzene rings is 2. The van der Waals surface area contributed by atoms with E-state index < -0.39 is 6.04 Å². The van der Waals surface area contributed by atoms with Gasteiger partial charge in [0.1, 0.15) is 23.3 Å². The molecule has 7 nitrogen and oxygen atoms in total. The van der Waals surface area contributed by atoms with Gasteiger partial charge in [0.05, 0.1) is 14.2 Å². The van der Waals surface area contributed by atoms with E-state index in [4.69, 9.17) is 14.2 Å². The minimum atomic E-state index is -0.648. The molecule has 0 aliphatic carbocycles. The quantitative estimate of drug-likeness (QED) is 0.576. The van der Waals surface area contributed by atoms with Crippen LogP contribution in [0, 0.1) is 12.8 Å². The molecule has 7 heteroatoms. The molecule has 1 N–H and O–H groups in total. The SMILES string of the molecule is COc1cc(OC)cc(OCC(=O)N(Cc2cccc(C)c2)[C@H](C)C(=O)NCC(C)C)c1. The first-order valence-electron chi connectivity index (χ1n) is 10.7. The lowest BCUT2D eigenvalue weighted by Crippen LogP contribution is -2.49. The Bertz CT molecular complexity index is 891. The lowest BCUT2D eigenvalue weighted by Gasteiger charge is -2.29. The molecule has 2 aromatic carbocycles. The van der Waals surface area contributed by atoms with Crippen molar-refractivity contribution in [2.24, 2.45) is 5.92 Å². The number of aryl methyl sites for hydroxylation is 1. The average Bonchev–Trinajstić information content (AvgIpc) is 2.78. The van der Waals surface area contributed by atoms with Gasteiger partial charge in [0.2, 0.25) is 5.91 Å². The summed E-state index contributed by atoms with van der Waals surface area (Å²) in [6, 6.07) is 12.3. The molecular formula is C25H34N2O5. The molecule has 0 saturated heterocycles. The Morgan fingerprint density at radius 2 is 1.59 bits per heavy atom. The van der Waals surface area contributed by atoms with Gasteiger partial charge in [-0.05, 0) is 25.3 Å². The molecule has 2 amide bonds. The van der Waals surface area contributed by atoms with E-state index in [-0.39, 0.29) is 18.4 Å². The Balaban J connectivity index is 2.18. The van der Waals surface area contributed by atoms with Gasteiger partial charge in [-0.25, -0.2) is 0 Å². The molecule has 0 saturated carbocycles. The highest BCUT2D eigenvalue weighted by Gasteiger charge is 2.26. The number of nitrogens with one attached hydrogen (secondary N) is 1. The van der Waals surface area contributed by atoms with Crippen molar-refractivity contribution < 1.29 is 23.8 Å². The molecule has 0 fully saturated rings. The van der Waals surface area contributed by atoms with Crippen LogP contribution in [-0.2, 0) is 16.1 Å². The number of amides is 2. The summed E-state index contributed by atoms with van der Waals surface area (Å²) in [5, 5.41) is 2.91. The van der Waals surface area contributed by atoms with E-state index in [2.05, 4.69) is 5.32 Å². The molecule has 0 radical (unpaired) electrons. The van der Waals surface area contributed by atoms with E-state index in [1.165, 1.54) is 0 Å². The highest BCUT2D eigenvalue weighted by molar-refractivity contribution is 5.88. The van der Waals surface area contributed by atoms with Crippen molar-refractivity contribution in [3.8, 4) is 17.2 Å². The molecule has 0 aliphatic rings. The summed E-state index contributed by atoms with van der Waals surface area (Å²) in [4.78, 5) is 27.4. The Labute approximate surface area is 190 Å². The molecule has 2 aromatic rings. The number of hydrogen-bond acceptors (Lipinski definition) is 5. The van der Waals surface area contributed by atoms with Gasteiger partial charge in [0.15, 0.2) is 6.61 Å². The van der Waals surface area contributed by atoms with Crippen LogP contribution in [-0.4, -0.2) is 50.1 Å². The van der Waals surface area contributed by atoms with Crippen molar-refractivity contribution in [1.82, 2.24) is 10.2 Å². The maximum Gasteiger partial charge on any atom is 0.261 e. The average molecular weight is 443 g/mol. The smallest absolute Gasteiger partial charge is 0.261 e. The predicted molar refractivity (Wildman–Crippen MR) is 124 cm³/mol. The Hall–Kier alpha value is -3.22. The summed E-state index contributed by atoms with van der Waals surface area (Å²) in [6.45, 7) is 8.42. The van der Waals surface area contributed by atoms with Gasteiger partial charge in [0, 0.05) is 31.3 Å². The van der Waals surface area contributed by atoms with Crippen molar-refractivity contribution in [3.05, 3.63) is 53.6 Å². The molecule has 0 unspecified atom stereocenters. The molecule has 0 heterocycles. The molecule has 174 valence electrons. The third-order valence-corrected chi connectivity index (χ3v) is 4.97. The maximum absolute atomic E-state index is 13.2. The molecule has 0 aliphatic heterocycles. The van der Waals surface area contributed by atoms with Crippen molar-refractivity contribution in [1.29, 1.82) is 0 Å². The van der Waals surface area contributed by atoms with Crippen molar-refractivity contribution >= 4 is 11.8 Å². The van der Waals surface area contributed by atoms with Crippen LogP contribution >= 0.6 is 0 Å². The van der Waals surface area contributed by atoms with Gasteiger partial charge < -0.3 is 24.4 Å². The zero-order valence-corrected chi connectivity index (χ0v) is 19.8. The number of ether oxygens (including phenoxy) is 3. The second-order valence-corrected chi connectivity index (χ2v) is 8.16. The predicted octanol–water partition coefficient (Wildman–Crippen LogP) is 3.58. The zero-order chi connectivity index (χ0) is 23.7. The molecule has 0 bridgehead atoms. The number of methoxy groups -OCH3 is 2. The van der Waals surface area contributed by atoms with Crippen molar-refractivity contribution in [3.63, 3.8) is 0 Å². The van der Waals surface area contributed by atoms with Crippen LogP contribution in [0.15, 0.2) is 42.5 Å². The number of nitrogens with zero attached hydrogens (tertiary/aromatic N) is 1. The van der Waals surface area contributed by atoms with E-state index >= 15 is 0 Å². The van der Waals surface area contributed by atoms with Crippen LogP contribution in [0.2, 0.25) is 0 Å². The van der Waals surface area contributed by atoms with Gasteiger partial charge in [0.25, 0.3) is 5.91 Å². The number of hydrogen-bond donors (Lipinski definition) is 1. The number of rotatable bonds is 11. The van der Waals surface area contributed by atoms with Crippen LogP contribution in [0.1, 0.15) is 31.9 Å². The highest BCUT2D eigenvalue weighted by Crippen LogP contribution is 2.27. The Morgan fingerprint density at radius 3 is 2.16 bits per heavy atom. The van der Waals surface area contributed by atoms with Crippen LogP contribution in [0.5, 0.6) is 17.2 Å². The summed E-state index contributed by atoms with van der Waals surface area (Å²) >= 11 is 0.